The third-order valence-electron chi connectivity index (χ3n) is 4.53. The number of aliphatic carboxylic acids is 1. The molecule has 0 aromatic heterocycles. The van der Waals surface area contributed by atoms with E-state index in [2.05, 4.69) is 0 Å². The summed E-state index contributed by atoms with van der Waals surface area (Å²) in [5.74, 6) is -0.696. The van der Waals surface area contributed by atoms with Crippen molar-refractivity contribution in [2.45, 2.75) is 45.1 Å². The first-order chi connectivity index (χ1) is 9.00. The van der Waals surface area contributed by atoms with Crippen molar-refractivity contribution in [3.63, 3.8) is 0 Å². The Morgan fingerprint density at radius 2 is 2.00 bits per heavy atom. The fraction of sp³-hybridized carbons (Fsp3) is 0.857. The van der Waals surface area contributed by atoms with Gasteiger partial charge in [0.25, 0.3) is 0 Å². The summed E-state index contributed by atoms with van der Waals surface area (Å²) in [6, 6.07) is 0.397. The molecule has 2 rings (SSSR count). The predicted molar refractivity (Wildman–Crippen MR) is 71.9 cm³/mol. The minimum absolute atomic E-state index is 0.00435. The van der Waals surface area contributed by atoms with E-state index in [9.17, 15) is 9.59 Å². The maximum Gasteiger partial charge on any atom is 0.320 e. The van der Waals surface area contributed by atoms with Crippen LogP contribution in [0, 0.1) is 11.8 Å². The number of likely N-dealkylation sites (tertiary alicyclic amines) is 1. The van der Waals surface area contributed by atoms with Crippen LogP contribution >= 0.6 is 0 Å². The molecule has 0 aromatic carbocycles. The summed E-state index contributed by atoms with van der Waals surface area (Å²) in [5, 5.41) is 8.92. The van der Waals surface area contributed by atoms with Crippen molar-refractivity contribution in [2.75, 3.05) is 20.1 Å². The lowest BCUT2D eigenvalue weighted by molar-refractivity contribution is -0.141. The number of nitrogens with zero attached hydrogens (tertiary/aromatic N) is 2. The first-order valence-electron chi connectivity index (χ1n) is 7.25. The van der Waals surface area contributed by atoms with Crippen LogP contribution in [-0.4, -0.2) is 53.1 Å². The number of urea groups is 1. The highest BCUT2D eigenvalue weighted by Gasteiger charge is 2.38. The molecule has 3 atom stereocenters. The molecule has 2 amide bonds. The smallest absolute Gasteiger partial charge is 0.320 e. The van der Waals surface area contributed by atoms with Crippen LogP contribution in [0.25, 0.3) is 0 Å². The topological polar surface area (TPSA) is 60.9 Å². The standard InChI is InChI=1S/C14H24N2O3/c1-10(13(17)18)9-15(2)14(19)16-8-4-6-11-5-3-7-12(11)16/h10-12H,3-9H2,1-2H3,(H,17,18). The molecule has 3 unspecified atom stereocenters. The van der Waals surface area contributed by atoms with Crippen LogP contribution in [0.2, 0.25) is 0 Å². The van der Waals surface area contributed by atoms with E-state index < -0.39 is 11.9 Å². The minimum atomic E-state index is -0.850. The highest BCUT2D eigenvalue weighted by Crippen LogP contribution is 2.37. The Morgan fingerprint density at radius 1 is 1.32 bits per heavy atom. The number of carbonyl (C=O) groups is 2. The van der Waals surface area contributed by atoms with Crippen molar-refractivity contribution < 1.29 is 14.7 Å². The average Bonchev–Trinajstić information content (AvgIpc) is 2.85. The van der Waals surface area contributed by atoms with E-state index >= 15 is 0 Å². The Hall–Kier alpha value is -1.26. The Kier molecular flexibility index (Phi) is 4.32. The second kappa shape index (κ2) is 5.80. The summed E-state index contributed by atoms with van der Waals surface area (Å²) in [7, 11) is 1.71. The molecular formula is C14H24N2O3. The summed E-state index contributed by atoms with van der Waals surface area (Å²) >= 11 is 0. The number of rotatable bonds is 3. The summed E-state index contributed by atoms with van der Waals surface area (Å²) in [5.41, 5.74) is 0. The largest absolute Gasteiger partial charge is 0.481 e. The SMILES string of the molecule is CC(CN(C)C(=O)N1CCCC2CCCC21)C(=O)O. The highest BCUT2D eigenvalue weighted by molar-refractivity contribution is 5.76. The Labute approximate surface area is 114 Å². The monoisotopic (exact) mass is 268 g/mol. The summed E-state index contributed by atoms with van der Waals surface area (Å²) in [6.45, 7) is 2.74. The zero-order valence-electron chi connectivity index (χ0n) is 11.8. The van der Waals surface area contributed by atoms with E-state index in [4.69, 9.17) is 5.11 Å². The van der Waals surface area contributed by atoms with Gasteiger partial charge in [0.2, 0.25) is 0 Å². The average molecular weight is 268 g/mol. The zero-order valence-corrected chi connectivity index (χ0v) is 11.8. The maximum absolute atomic E-state index is 12.5. The zero-order chi connectivity index (χ0) is 14.0. The highest BCUT2D eigenvalue weighted by atomic mass is 16.4. The van der Waals surface area contributed by atoms with Gasteiger partial charge in [0, 0.05) is 26.2 Å². The molecule has 0 radical (unpaired) electrons. The lowest BCUT2D eigenvalue weighted by atomic mass is 9.92. The van der Waals surface area contributed by atoms with Gasteiger partial charge < -0.3 is 14.9 Å². The second-order valence-corrected chi connectivity index (χ2v) is 6.00. The molecule has 1 N–H and O–H groups in total. The van der Waals surface area contributed by atoms with Gasteiger partial charge >= 0.3 is 12.0 Å². The van der Waals surface area contributed by atoms with Crippen molar-refractivity contribution in [2.24, 2.45) is 11.8 Å². The number of hydrogen-bond acceptors (Lipinski definition) is 2. The number of piperidine rings is 1. The molecule has 108 valence electrons. The van der Waals surface area contributed by atoms with E-state index in [0.717, 1.165) is 19.4 Å². The van der Waals surface area contributed by atoms with E-state index in [1.807, 2.05) is 4.90 Å². The van der Waals surface area contributed by atoms with Gasteiger partial charge in [-0.15, -0.1) is 0 Å². The molecule has 2 fully saturated rings. The third-order valence-corrected chi connectivity index (χ3v) is 4.53. The van der Waals surface area contributed by atoms with Gasteiger partial charge in [0.15, 0.2) is 0 Å². The number of carboxylic acid groups (broad SMARTS) is 1. The Balaban J connectivity index is 1.96. The lowest BCUT2D eigenvalue weighted by Gasteiger charge is -2.40. The maximum atomic E-state index is 12.5. The molecule has 1 saturated carbocycles. The Bertz CT molecular complexity index is 359. The van der Waals surface area contributed by atoms with E-state index in [1.165, 1.54) is 19.3 Å². The van der Waals surface area contributed by atoms with Crippen LogP contribution < -0.4 is 0 Å². The van der Waals surface area contributed by atoms with Gasteiger partial charge in [-0.05, 0) is 31.6 Å². The molecule has 0 bridgehead atoms. The predicted octanol–water partition coefficient (Wildman–Crippen LogP) is 2.02. The van der Waals surface area contributed by atoms with Crippen LogP contribution in [-0.2, 0) is 4.79 Å². The number of carboxylic acids is 1. The molecule has 1 aliphatic carbocycles. The van der Waals surface area contributed by atoms with Gasteiger partial charge in [0.05, 0.1) is 5.92 Å². The van der Waals surface area contributed by atoms with Crippen molar-refractivity contribution >= 4 is 12.0 Å². The summed E-state index contributed by atoms with van der Waals surface area (Å²) in [6.07, 6.45) is 5.88. The van der Waals surface area contributed by atoms with Crippen molar-refractivity contribution in [3.05, 3.63) is 0 Å². The van der Waals surface area contributed by atoms with Gasteiger partial charge in [0.1, 0.15) is 0 Å². The van der Waals surface area contributed by atoms with Crippen molar-refractivity contribution in [1.29, 1.82) is 0 Å². The summed E-state index contributed by atoms with van der Waals surface area (Å²) in [4.78, 5) is 26.9. The van der Waals surface area contributed by atoms with Gasteiger partial charge in [-0.3, -0.25) is 4.79 Å². The van der Waals surface area contributed by atoms with Crippen LogP contribution in [0.4, 0.5) is 4.79 Å². The number of fused-ring (bicyclic) bond motifs is 1. The molecule has 0 spiro atoms. The lowest BCUT2D eigenvalue weighted by Crippen LogP contribution is -2.51. The fourth-order valence-corrected chi connectivity index (χ4v) is 3.48. The third kappa shape index (κ3) is 3.01. The molecule has 19 heavy (non-hydrogen) atoms. The quantitative estimate of drug-likeness (QED) is 0.852. The fourth-order valence-electron chi connectivity index (χ4n) is 3.48. The van der Waals surface area contributed by atoms with E-state index in [1.54, 1.807) is 18.9 Å². The van der Waals surface area contributed by atoms with Crippen molar-refractivity contribution in [1.82, 2.24) is 9.80 Å². The minimum Gasteiger partial charge on any atom is -0.481 e. The molecule has 5 heteroatoms. The molecule has 0 aromatic rings. The molecule has 1 heterocycles. The molecule has 5 nitrogen and oxygen atoms in total. The van der Waals surface area contributed by atoms with Crippen molar-refractivity contribution in [3.8, 4) is 0 Å². The molecule has 1 aliphatic heterocycles. The van der Waals surface area contributed by atoms with Crippen LogP contribution in [0.5, 0.6) is 0 Å². The van der Waals surface area contributed by atoms with Gasteiger partial charge in [-0.25, -0.2) is 4.79 Å². The van der Waals surface area contributed by atoms with Gasteiger partial charge in [-0.2, -0.15) is 0 Å². The summed E-state index contributed by atoms with van der Waals surface area (Å²) < 4.78 is 0. The second-order valence-electron chi connectivity index (χ2n) is 6.00. The number of hydrogen-bond donors (Lipinski definition) is 1. The van der Waals surface area contributed by atoms with Gasteiger partial charge in [-0.1, -0.05) is 13.3 Å². The molecule has 1 saturated heterocycles. The van der Waals surface area contributed by atoms with E-state index in [0.29, 0.717) is 12.0 Å². The molecule has 2 aliphatic rings. The normalized spacial score (nSPS) is 27.8. The van der Waals surface area contributed by atoms with Crippen LogP contribution in [0.15, 0.2) is 0 Å². The molecular weight excluding hydrogens is 244 g/mol. The number of amides is 2. The van der Waals surface area contributed by atoms with Crippen LogP contribution in [0.3, 0.4) is 0 Å². The Morgan fingerprint density at radius 3 is 2.68 bits per heavy atom. The number of carbonyl (C=O) groups excluding carboxylic acids is 1. The van der Waals surface area contributed by atoms with Crippen LogP contribution in [0.1, 0.15) is 39.0 Å². The van der Waals surface area contributed by atoms with E-state index in [-0.39, 0.29) is 12.6 Å². The first kappa shape index (κ1) is 14.2. The first-order valence-corrected chi connectivity index (χ1v) is 7.25.